The Bertz CT molecular complexity index is 842. The third kappa shape index (κ3) is 2.35. The van der Waals surface area contributed by atoms with E-state index >= 15 is 0 Å². The molecule has 0 bridgehead atoms. The number of aryl methyl sites for hydroxylation is 1. The van der Waals surface area contributed by atoms with Crippen molar-refractivity contribution in [3.05, 3.63) is 59.8 Å². The smallest absolute Gasteiger partial charge is 0.0726 e. The molecule has 2 nitrogen and oxygen atoms in total. The lowest BCUT2D eigenvalue weighted by atomic mass is 10.1. The van der Waals surface area contributed by atoms with Crippen LogP contribution in [-0.2, 0) is 12.8 Å². The second-order valence-corrected chi connectivity index (χ2v) is 6.52. The van der Waals surface area contributed by atoms with Crippen molar-refractivity contribution in [1.82, 2.24) is 4.98 Å². The van der Waals surface area contributed by atoms with Gasteiger partial charge in [-0.25, -0.2) is 0 Å². The summed E-state index contributed by atoms with van der Waals surface area (Å²) >= 11 is 1.77. The lowest BCUT2D eigenvalue weighted by Gasteiger charge is -2.15. The normalized spacial score (nSPS) is 13.3. The minimum Gasteiger partial charge on any atom is -0.355 e. The summed E-state index contributed by atoms with van der Waals surface area (Å²) in [4.78, 5) is 6.13. The second kappa shape index (κ2) is 5.65. The molecule has 0 spiro atoms. The molecule has 0 aliphatic heterocycles. The van der Waals surface area contributed by atoms with Crippen LogP contribution in [0.1, 0.15) is 17.7 Å². The number of benzene rings is 2. The number of aromatic nitrogens is 1. The molecule has 0 radical (unpaired) electrons. The molecule has 0 saturated heterocycles. The predicted octanol–water partition coefficient (Wildman–Crippen LogP) is 5.19. The average Bonchev–Trinajstić information content (AvgIpc) is 3.03. The molecule has 0 unspecified atom stereocenters. The zero-order valence-corrected chi connectivity index (χ0v) is 13.4. The van der Waals surface area contributed by atoms with Gasteiger partial charge in [-0.15, -0.1) is 11.8 Å². The summed E-state index contributed by atoms with van der Waals surface area (Å²) in [6.45, 7) is 0. The summed E-state index contributed by atoms with van der Waals surface area (Å²) in [7, 11) is 0. The molecule has 1 N–H and O–H groups in total. The van der Waals surface area contributed by atoms with Gasteiger partial charge in [-0.1, -0.05) is 24.3 Å². The molecule has 0 amide bonds. The van der Waals surface area contributed by atoms with E-state index in [1.165, 1.54) is 33.6 Å². The van der Waals surface area contributed by atoms with Gasteiger partial charge in [0.2, 0.25) is 0 Å². The maximum absolute atomic E-state index is 4.85. The lowest BCUT2D eigenvalue weighted by molar-refractivity contribution is 0.901. The lowest BCUT2D eigenvalue weighted by Crippen LogP contribution is -1.99. The molecular weight excluding hydrogens is 288 g/mol. The zero-order chi connectivity index (χ0) is 14.9. The number of para-hydroxylation sites is 1. The predicted molar refractivity (Wildman–Crippen MR) is 95.3 cm³/mol. The number of nitrogens with zero attached hydrogens (tertiary/aromatic N) is 1. The van der Waals surface area contributed by atoms with E-state index in [1.807, 2.05) is 0 Å². The van der Waals surface area contributed by atoms with Crippen LogP contribution in [0.15, 0.2) is 53.4 Å². The largest absolute Gasteiger partial charge is 0.355 e. The molecule has 0 saturated carbocycles. The van der Waals surface area contributed by atoms with Gasteiger partial charge in [0.15, 0.2) is 0 Å². The Morgan fingerprint density at radius 2 is 1.95 bits per heavy atom. The summed E-state index contributed by atoms with van der Waals surface area (Å²) in [5.74, 6) is 0. The van der Waals surface area contributed by atoms with Crippen LogP contribution >= 0.6 is 11.8 Å². The van der Waals surface area contributed by atoms with E-state index in [-0.39, 0.29) is 0 Å². The van der Waals surface area contributed by atoms with Crippen LogP contribution in [0.2, 0.25) is 0 Å². The third-order valence-electron chi connectivity index (χ3n) is 4.26. The molecule has 0 fully saturated rings. The van der Waals surface area contributed by atoms with Gasteiger partial charge >= 0.3 is 0 Å². The van der Waals surface area contributed by atoms with Gasteiger partial charge in [0, 0.05) is 21.7 Å². The molecule has 3 heteroatoms. The number of anilines is 2. The second-order valence-electron chi connectivity index (χ2n) is 5.64. The molecule has 1 aromatic heterocycles. The van der Waals surface area contributed by atoms with Crippen LogP contribution in [0, 0.1) is 0 Å². The van der Waals surface area contributed by atoms with E-state index in [9.17, 15) is 0 Å². The van der Waals surface area contributed by atoms with Crippen molar-refractivity contribution in [2.45, 2.75) is 24.2 Å². The fourth-order valence-corrected chi connectivity index (χ4v) is 3.66. The van der Waals surface area contributed by atoms with Crippen molar-refractivity contribution in [2.24, 2.45) is 0 Å². The van der Waals surface area contributed by atoms with Crippen molar-refractivity contribution >= 4 is 34.0 Å². The summed E-state index contributed by atoms with van der Waals surface area (Å²) in [6.07, 6.45) is 5.54. The van der Waals surface area contributed by atoms with Crippen molar-refractivity contribution in [1.29, 1.82) is 0 Å². The van der Waals surface area contributed by atoms with Gasteiger partial charge in [-0.05, 0) is 55.3 Å². The number of hydrogen-bond acceptors (Lipinski definition) is 3. The average molecular weight is 306 g/mol. The Morgan fingerprint density at radius 1 is 1.05 bits per heavy atom. The van der Waals surface area contributed by atoms with Crippen LogP contribution in [0.3, 0.4) is 0 Å². The first-order valence-electron chi connectivity index (χ1n) is 7.67. The number of nitrogens with one attached hydrogen (secondary N) is 1. The van der Waals surface area contributed by atoms with Crippen molar-refractivity contribution in [2.75, 3.05) is 11.6 Å². The van der Waals surface area contributed by atoms with E-state index in [1.54, 1.807) is 11.8 Å². The van der Waals surface area contributed by atoms with Gasteiger partial charge in [0.05, 0.1) is 11.2 Å². The molecule has 22 heavy (non-hydrogen) atoms. The minimum absolute atomic E-state index is 1.09. The Balaban J connectivity index is 1.86. The summed E-state index contributed by atoms with van der Waals surface area (Å²) in [5, 5.41) is 4.89. The summed E-state index contributed by atoms with van der Waals surface area (Å²) in [5.41, 5.74) is 6.15. The number of rotatable bonds is 3. The van der Waals surface area contributed by atoms with E-state index in [0.29, 0.717) is 0 Å². The van der Waals surface area contributed by atoms with Crippen LogP contribution in [0.5, 0.6) is 0 Å². The number of hydrogen-bond donors (Lipinski definition) is 1. The highest BCUT2D eigenvalue weighted by molar-refractivity contribution is 7.98. The van der Waals surface area contributed by atoms with Crippen molar-refractivity contribution in [3.63, 3.8) is 0 Å². The first-order valence-corrected chi connectivity index (χ1v) is 8.89. The molecule has 2 aromatic carbocycles. The maximum Gasteiger partial charge on any atom is 0.0726 e. The molecule has 4 rings (SSSR count). The molecular formula is C19H18N2S. The molecule has 3 aromatic rings. The van der Waals surface area contributed by atoms with Gasteiger partial charge in [0.1, 0.15) is 0 Å². The first kappa shape index (κ1) is 13.6. The molecule has 0 atom stereocenters. The molecule has 1 aliphatic carbocycles. The van der Waals surface area contributed by atoms with Crippen LogP contribution < -0.4 is 5.32 Å². The topological polar surface area (TPSA) is 24.9 Å². The van der Waals surface area contributed by atoms with Gasteiger partial charge in [0.25, 0.3) is 0 Å². The maximum atomic E-state index is 4.85. The number of pyridine rings is 1. The first-order chi connectivity index (χ1) is 10.8. The Morgan fingerprint density at radius 3 is 2.86 bits per heavy atom. The van der Waals surface area contributed by atoms with E-state index in [2.05, 4.69) is 60.1 Å². The van der Waals surface area contributed by atoms with Gasteiger partial charge in [-0.2, -0.15) is 0 Å². The molecule has 1 aliphatic rings. The van der Waals surface area contributed by atoms with E-state index < -0.39 is 0 Å². The highest BCUT2D eigenvalue weighted by Gasteiger charge is 2.19. The van der Waals surface area contributed by atoms with Gasteiger partial charge < -0.3 is 5.32 Å². The summed E-state index contributed by atoms with van der Waals surface area (Å²) in [6, 6.07) is 17.0. The Kier molecular flexibility index (Phi) is 3.51. The quantitative estimate of drug-likeness (QED) is 0.674. The van der Waals surface area contributed by atoms with Crippen molar-refractivity contribution in [3.8, 4) is 0 Å². The Hall–Kier alpha value is -2.00. The van der Waals surface area contributed by atoms with Crippen molar-refractivity contribution < 1.29 is 0 Å². The molecule has 1 heterocycles. The molecule has 110 valence electrons. The monoisotopic (exact) mass is 306 g/mol. The minimum atomic E-state index is 1.09. The highest BCUT2D eigenvalue weighted by Crippen LogP contribution is 2.36. The van der Waals surface area contributed by atoms with Crippen LogP contribution in [0.25, 0.3) is 10.9 Å². The van der Waals surface area contributed by atoms with Crippen LogP contribution in [-0.4, -0.2) is 11.2 Å². The fraction of sp³-hybridized carbons (Fsp3) is 0.211. The van der Waals surface area contributed by atoms with E-state index in [0.717, 1.165) is 24.0 Å². The zero-order valence-electron chi connectivity index (χ0n) is 12.6. The standard InChI is InChI=1S/C19H18N2S/c1-22-14-7-4-6-13(12-14)20-19-15-8-2-3-10-17(15)21-18-11-5-9-16(18)19/h2-4,6-8,10,12H,5,9,11H2,1H3,(H,20,21). The third-order valence-corrected chi connectivity index (χ3v) is 4.98. The van der Waals surface area contributed by atoms with E-state index in [4.69, 9.17) is 4.98 Å². The SMILES string of the molecule is CSc1cccc(Nc2c3c(nc4ccccc24)CCC3)c1. The fourth-order valence-electron chi connectivity index (χ4n) is 3.20. The summed E-state index contributed by atoms with van der Waals surface area (Å²) < 4.78 is 0. The highest BCUT2D eigenvalue weighted by atomic mass is 32.2. The van der Waals surface area contributed by atoms with Gasteiger partial charge in [-0.3, -0.25) is 4.98 Å². The number of thioether (sulfide) groups is 1. The van der Waals surface area contributed by atoms with Crippen LogP contribution in [0.4, 0.5) is 11.4 Å². The Labute approximate surface area is 135 Å². The number of fused-ring (bicyclic) bond motifs is 2.